The van der Waals surface area contributed by atoms with Crippen molar-refractivity contribution < 1.29 is 14.4 Å². The summed E-state index contributed by atoms with van der Waals surface area (Å²) in [6, 6.07) is 5.06. The van der Waals surface area contributed by atoms with Gasteiger partial charge in [-0.3, -0.25) is 24.4 Å². The zero-order valence-electron chi connectivity index (χ0n) is 16.1. The highest BCUT2D eigenvalue weighted by Crippen LogP contribution is 2.34. The first-order valence-corrected chi connectivity index (χ1v) is 11.1. The molecule has 152 valence electrons. The van der Waals surface area contributed by atoms with Crippen molar-refractivity contribution in [3.05, 3.63) is 41.7 Å². The lowest BCUT2D eigenvalue weighted by Gasteiger charge is -2.29. The highest BCUT2D eigenvalue weighted by molar-refractivity contribution is 9.09. The zero-order valence-corrected chi connectivity index (χ0v) is 17.7. The first-order valence-electron chi connectivity index (χ1n) is 9.94. The molecule has 0 radical (unpaired) electrons. The summed E-state index contributed by atoms with van der Waals surface area (Å²) in [5, 5.41) is 7.83. The van der Waals surface area contributed by atoms with Crippen LogP contribution in [0, 0.1) is 0 Å². The zero-order chi connectivity index (χ0) is 20.4. The molecular weight excluding hydrogens is 436 g/mol. The van der Waals surface area contributed by atoms with Crippen LogP contribution in [-0.4, -0.2) is 43.8 Å². The summed E-state index contributed by atoms with van der Waals surface area (Å²) in [7, 11) is 0. The Kier molecular flexibility index (Phi) is 5.80. The lowest BCUT2D eigenvalue weighted by atomic mass is 9.99. The number of imide groups is 1. The molecule has 8 heteroatoms. The molecule has 2 aromatic rings. The molecule has 2 aliphatic heterocycles. The van der Waals surface area contributed by atoms with Crippen LogP contribution in [0.25, 0.3) is 11.1 Å². The van der Waals surface area contributed by atoms with Gasteiger partial charge >= 0.3 is 0 Å². The summed E-state index contributed by atoms with van der Waals surface area (Å²) in [6.07, 6.45) is 7.84. The van der Waals surface area contributed by atoms with Crippen molar-refractivity contribution >= 4 is 33.7 Å². The Hall–Kier alpha value is -2.48. The lowest BCUT2D eigenvalue weighted by Crippen LogP contribution is -2.52. The van der Waals surface area contributed by atoms with Gasteiger partial charge in [-0.05, 0) is 36.5 Å². The number of benzene rings is 1. The number of rotatable bonds is 7. The molecule has 3 amide bonds. The fraction of sp³-hybridized carbons (Fsp3) is 0.429. The molecule has 1 unspecified atom stereocenters. The van der Waals surface area contributed by atoms with Crippen LogP contribution in [-0.2, 0) is 22.7 Å². The van der Waals surface area contributed by atoms with Gasteiger partial charge in [0.1, 0.15) is 6.04 Å². The third-order valence-electron chi connectivity index (χ3n) is 5.55. The van der Waals surface area contributed by atoms with E-state index in [0.29, 0.717) is 18.5 Å². The average molecular weight is 459 g/mol. The normalized spacial score (nSPS) is 18.9. The molecule has 3 heterocycles. The van der Waals surface area contributed by atoms with E-state index in [-0.39, 0.29) is 24.1 Å². The third kappa shape index (κ3) is 3.99. The minimum absolute atomic E-state index is 0.154. The monoisotopic (exact) mass is 458 g/mol. The van der Waals surface area contributed by atoms with E-state index in [2.05, 4.69) is 26.3 Å². The van der Waals surface area contributed by atoms with Crippen molar-refractivity contribution in [2.75, 3.05) is 5.33 Å². The molecule has 4 rings (SSSR count). The molecule has 0 aliphatic carbocycles. The fourth-order valence-electron chi connectivity index (χ4n) is 4.03. The van der Waals surface area contributed by atoms with E-state index in [1.165, 1.54) is 0 Å². The van der Waals surface area contributed by atoms with Crippen LogP contribution in [0.1, 0.15) is 48.0 Å². The smallest absolute Gasteiger partial charge is 0.255 e. The summed E-state index contributed by atoms with van der Waals surface area (Å²) in [5.74, 6) is -0.821. The van der Waals surface area contributed by atoms with Crippen LogP contribution >= 0.6 is 15.9 Å². The van der Waals surface area contributed by atoms with Crippen LogP contribution < -0.4 is 5.32 Å². The van der Waals surface area contributed by atoms with E-state index in [4.69, 9.17) is 0 Å². The number of fused-ring (bicyclic) bond motifs is 1. The number of nitrogens with one attached hydrogen (secondary N) is 1. The number of aryl methyl sites for hydroxylation is 1. The van der Waals surface area contributed by atoms with E-state index >= 15 is 0 Å². The second-order valence-corrected chi connectivity index (χ2v) is 8.27. The molecule has 0 spiro atoms. The van der Waals surface area contributed by atoms with Crippen molar-refractivity contribution in [2.24, 2.45) is 0 Å². The average Bonchev–Trinajstić information content (AvgIpc) is 3.30. The minimum Gasteiger partial charge on any atom is -0.322 e. The van der Waals surface area contributed by atoms with Crippen molar-refractivity contribution in [3.63, 3.8) is 0 Å². The highest BCUT2D eigenvalue weighted by Gasteiger charge is 2.39. The number of hydrogen-bond acceptors (Lipinski definition) is 4. The van der Waals surface area contributed by atoms with Crippen LogP contribution in [0.2, 0.25) is 0 Å². The van der Waals surface area contributed by atoms with Crippen molar-refractivity contribution in [1.82, 2.24) is 20.0 Å². The first kappa shape index (κ1) is 19.8. The summed E-state index contributed by atoms with van der Waals surface area (Å²) in [4.78, 5) is 38.2. The Bertz CT molecular complexity index is 955. The minimum atomic E-state index is -0.599. The lowest BCUT2D eigenvalue weighted by molar-refractivity contribution is -0.136. The van der Waals surface area contributed by atoms with Crippen LogP contribution in [0.15, 0.2) is 30.6 Å². The maximum Gasteiger partial charge on any atom is 0.255 e. The number of aromatic nitrogens is 2. The number of alkyl halides is 1. The van der Waals surface area contributed by atoms with Crippen molar-refractivity contribution in [2.45, 2.75) is 51.2 Å². The maximum atomic E-state index is 13.0. The predicted molar refractivity (Wildman–Crippen MR) is 111 cm³/mol. The van der Waals surface area contributed by atoms with Gasteiger partial charge < -0.3 is 4.90 Å². The Balaban J connectivity index is 1.54. The first-order chi connectivity index (χ1) is 14.1. The quantitative estimate of drug-likeness (QED) is 0.392. The largest absolute Gasteiger partial charge is 0.322 e. The Labute approximate surface area is 177 Å². The summed E-state index contributed by atoms with van der Waals surface area (Å²) < 4.78 is 1.94. The second-order valence-electron chi connectivity index (χ2n) is 7.47. The molecule has 1 fully saturated rings. The van der Waals surface area contributed by atoms with Crippen LogP contribution in [0.5, 0.6) is 0 Å². The summed E-state index contributed by atoms with van der Waals surface area (Å²) in [5.41, 5.74) is 3.48. The Morgan fingerprint density at radius 1 is 1.14 bits per heavy atom. The summed E-state index contributed by atoms with van der Waals surface area (Å²) in [6.45, 7) is 1.23. The Morgan fingerprint density at radius 3 is 2.76 bits per heavy atom. The second kappa shape index (κ2) is 8.49. The number of unbranched alkanes of at least 4 members (excludes halogenated alkanes) is 2. The number of carbonyl (C=O) groups excluding carboxylic acids is 3. The van der Waals surface area contributed by atoms with Gasteiger partial charge in [0.05, 0.1) is 6.20 Å². The van der Waals surface area contributed by atoms with E-state index in [1.54, 1.807) is 11.0 Å². The number of halogens is 1. The van der Waals surface area contributed by atoms with Gasteiger partial charge in [-0.2, -0.15) is 5.10 Å². The fourth-order valence-corrected chi connectivity index (χ4v) is 4.42. The van der Waals surface area contributed by atoms with E-state index in [9.17, 15) is 14.4 Å². The SMILES string of the molecule is O=C1CCC(N2Cc3c(cccc3-c3cnn(CCCCCBr)c3)C2=O)C(=O)N1. The number of piperidine rings is 1. The number of amides is 3. The molecule has 1 atom stereocenters. The topological polar surface area (TPSA) is 84.3 Å². The maximum absolute atomic E-state index is 13.0. The van der Waals surface area contributed by atoms with Gasteiger partial charge in [0.2, 0.25) is 11.8 Å². The molecule has 29 heavy (non-hydrogen) atoms. The van der Waals surface area contributed by atoms with Crippen LogP contribution in [0.4, 0.5) is 0 Å². The van der Waals surface area contributed by atoms with Gasteiger partial charge in [0, 0.05) is 42.2 Å². The molecular formula is C21H23BrN4O3. The van der Waals surface area contributed by atoms with Crippen molar-refractivity contribution in [3.8, 4) is 11.1 Å². The molecule has 2 aliphatic rings. The third-order valence-corrected chi connectivity index (χ3v) is 6.11. The van der Waals surface area contributed by atoms with Crippen LogP contribution in [0.3, 0.4) is 0 Å². The standard InChI is InChI=1S/C21H23BrN4O3/c22-9-2-1-3-10-25-12-14(11-23-25)15-5-4-6-16-17(15)13-26(21(16)29)18-7-8-19(27)24-20(18)28/h4-6,11-12,18H,1-3,7-10,13H2,(H,24,27,28). The summed E-state index contributed by atoms with van der Waals surface area (Å²) >= 11 is 3.45. The molecule has 0 bridgehead atoms. The molecule has 1 aromatic carbocycles. The predicted octanol–water partition coefficient (Wildman–Crippen LogP) is 2.88. The van der Waals surface area contributed by atoms with Gasteiger partial charge in [-0.15, -0.1) is 0 Å². The molecule has 1 aromatic heterocycles. The molecule has 1 saturated heterocycles. The van der Waals surface area contributed by atoms with Gasteiger partial charge in [-0.1, -0.05) is 34.5 Å². The van der Waals surface area contributed by atoms with Gasteiger partial charge in [0.25, 0.3) is 5.91 Å². The number of carbonyl (C=O) groups is 3. The highest BCUT2D eigenvalue weighted by atomic mass is 79.9. The Morgan fingerprint density at radius 2 is 1.97 bits per heavy atom. The van der Waals surface area contributed by atoms with E-state index < -0.39 is 6.04 Å². The molecule has 0 saturated carbocycles. The van der Waals surface area contributed by atoms with Gasteiger partial charge in [-0.25, -0.2) is 0 Å². The van der Waals surface area contributed by atoms with Crippen molar-refractivity contribution in [1.29, 1.82) is 0 Å². The molecule has 7 nitrogen and oxygen atoms in total. The molecule has 1 N–H and O–H groups in total. The number of hydrogen-bond donors (Lipinski definition) is 1. The number of nitrogens with zero attached hydrogens (tertiary/aromatic N) is 3. The van der Waals surface area contributed by atoms with E-state index in [1.807, 2.05) is 29.2 Å². The van der Waals surface area contributed by atoms with E-state index in [0.717, 1.165) is 47.8 Å². The van der Waals surface area contributed by atoms with Gasteiger partial charge in [0.15, 0.2) is 0 Å².